The van der Waals surface area contributed by atoms with Gasteiger partial charge in [-0.15, -0.1) is 0 Å². The van der Waals surface area contributed by atoms with E-state index in [9.17, 15) is 0 Å². The zero-order chi connectivity index (χ0) is 14.0. The average molecular weight is 359 g/mol. The van der Waals surface area contributed by atoms with Crippen LogP contribution < -0.4 is 5.73 Å². The van der Waals surface area contributed by atoms with E-state index in [0.717, 1.165) is 15.6 Å². The largest absolute Gasteiger partial charge is 0.324 e. The normalized spacial score (nSPS) is 12.5. The molecule has 0 aliphatic heterocycles. The van der Waals surface area contributed by atoms with Crippen LogP contribution in [0.2, 0.25) is 10.0 Å². The Morgan fingerprint density at radius 2 is 1.89 bits per heavy atom. The fourth-order valence-corrected chi connectivity index (χ4v) is 2.67. The van der Waals surface area contributed by atoms with Crippen LogP contribution >= 0.6 is 39.1 Å². The molecule has 2 aromatic rings. The van der Waals surface area contributed by atoms with Gasteiger partial charge >= 0.3 is 0 Å². The molecule has 0 spiro atoms. The van der Waals surface area contributed by atoms with Gasteiger partial charge in [0.05, 0.1) is 0 Å². The summed E-state index contributed by atoms with van der Waals surface area (Å²) >= 11 is 15.5. The lowest BCUT2D eigenvalue weighted by Crippen LogP contribution is -2.13. The Morgan fingerprint density at radius 3 is 2.53 bits per heavy atom. The Balaban J connectivity index is 2.20. The molecule has 0 aromatic heterocycles. The second-order valence-corrected chi connectivity index (χ2v) is 6.25. The van der Waals surface area contributed by atoms with Crippen LogP contribution in [0.1, 0.15) is 22.7 Å². The topological polar surface area (TPSA) is 26.0 Å². The van der Waals surface area contributed by atoms with E-state index in [0.29, 0.717) is 16.5 Å². The predicted molar refractivity (Wildman–Crippen MR) is 86.0 cm³/mol. The van der Waals surface area contributed by atoms with E-state index in [1.54, 1.807) is 6.07 Å². The van der Waals surface area contributed by atoms with E-state index in [2.05, 4.69) is 28.9 Å². The van der Waals surface area contributed by atoms with Crippen LogP contribution in [0.25, 0.3) is 0 Å². The standard InChI is InChI=1S/C15H14BrCl2N/c1-9-6-11(3-5-13(9)16)15(19)7-10-2-4-12(17)8-14(10)18/h2-6,8,15H,7,19H2,1H3. The molecule has 0 saturated heterocycles. The lowest BCUT2D eigenvalue weighted by atomic mass is 9.98. The van der Waals surface area contributed by atoms with Crippen LogP contribution in [0.3, 0.4) is 0 Å². The van der Waals surface area contributed by atoms with Gasteiger partial charge in [0.1, 0.15) is 0 Å². The van der Waals surface area contributed by atoms with Crippen LogP contribution in [0.4, 0.5) is 0 Å². The second-order valence-electron chi connectivity index (χ2n) is 4.55. The van der Waals surface area contributed by atoms with Crippen molar-refractivity contribution < 1.29 is 0 Å². The van der Waals surface area contributed by atoms with Gasteiger partial charge in [0, 0.05) is 20.6 Å². The van der Waals surface area contributed by atoms with Gasteiger partial charge in [0.2, 0.25) is 0 Å². The first kappa shape index (κ1) is 14.9. The quantitative estimate of drug-likeness (QED) is 0.790. The van der Waals surface area contributed by atoms with E-state index < -0.39 is 0 Å². The van der Waals surface area contributed by atoms with Crippen molar-refractivity contribution in [1.82, 2.24) is 0 Å². The van der Waals surface area contributed by atoms with Crippen molar-refractivity contribution in [2.45, 2.75) is 19.4 Å². The Hall–Kier alpha value is -0.540. The number of nitrogens with two attached hydrogens (primary N) is 1. The van der Waals surface area contributed by atoms with Crippen LogP contribution in [0.15, 0.2) is 40.9 Å². The van der Waals surface area contributed by atoms with Gasteiger partial charge < -0.3 is 5.73 Å². The number of hydrogen-bond acceptors (Lipinski definition) is 1. The van der Waals surface area contributed by atoms with E-state index >= 15 is 0 Å². The SMILES string of the molecule is Cc1cc(C(N)Cc2ccc(Cl)cc2Cl)ccc1Br. The monoisotopic (exact) mass is 357 g/mol. The molecule has 0 radical (unpaired) electrons. The molecule has 2 aromatic carbocycles. The fourth-order valence-electron chi connectivity index (χ4n) is 1.94. The number of halogens is 3. The molecule has 2 rings (SSSR count). The maximum Gasteiger partial charge on any atom is 0.0453 e. The summed E-state index contributed by atoms with van der Waals surface area (Å²) in [6.45, 7) is 2.05. The molecule has 0 saturated carbocycles. The van der Waals surface area contributed by atoms with Gasteiger partial charge in [0.25, 0.3) is 0 Å². The summed E-state index contributed by atoms with van der Waals surface area (Å²) in [5.74, 6) is 0. The van der Waals surface area contributed by atoms with Crippen LogP contribution in [0.5, 0.6) is 0 Å². The minimum atomic E-state index is -0.0783. The average Bonchev–Trinajstić information content (AvgIpc) is 2.36. The molecule has 4 heteroatoms. The van der Waals surface area contributed by atoms with Gasteiger partial charge in [-0.3, -0.25) is 0 Å². The Kier molecular flexibility index (Phi) is 4.91. The van der Waals surface area contributed by atoms with Crippen molar-refractivity contribution in [3.8, 4) is 0 Å². The summed E-state index contributed by atoms with van der Waals surface area (Å²) in [5, 5.41) is 1.30. The summed E-state index contributed by atoms with van der Waals surface area (Å²) in [6.07, 6.45) is 0.692. The van der Waals surface area contributed by atoms with Gasteiger partial charge in [-0.05, 0) is 48.2 Å². The van der Waals surface area contributed by atoms with Crippen molar-refractivity contribution in [1.29, 1.82) is 0 Å². The third kappa shape index (κ3) is 3.73. The summed E-state index contributed by atoms with van der Waals surface area (Å²) in [6, 6.07) is 11.6. The molecule has 0 heterocycles. The number of aryl methyl sites for hydroxylation is 1. The van der Waals surface area contributed by atoms with Gasteiger partial charge in [0.15, 0.2) is 0 Å². The maximum atomic E-state index is 6.25. The van der Waals surface area contributed by atoms with E-state index in [1.165, 1.54) is 5.56 Å². The summed E-state index contributed by atoms with van der Waals surface area (Å²) < 4.78 is 1.09. The van der Waals surface area contributed by atoms with Crippen molar-refractivity contribution in [2.24, 2.45) is 5.73 Å². The molecule has 0 aliphatic rings. The molecular weight excluding hydrogens is 345 g/mol. The highest BCUT2D eigenvalue weighted by molar-refractivity contribution is 9.10. The van der Waals surface area contributed by atoms with Gasteiger partial charge in [-0.1, -0.05) is 57.3 Å². The molecule has 1 unspecified atom stereocenters. The van der Waals surface area contributed by atoms with Crippen LogP contribution in [-0.4, -0.2) is 0 Å². The Bertz CT molecular complexity index is 599. The lowest BCUT2D eigenvalue weighted by Gasteiger charge is -2.14. The molecule has 0 amide bonds. The second kappa shape index (κ2) is 6.27. The number of rotatable bonds is 3. The highest BCUT2D eigenvalue weighted by Crippen LogP contribution is 2.26. The van der Waals surface area contributed by atoms with E-state index in [4.69, 9.17) is 28.9 Å². The summed E-state index contributed by atoms with van der Waals surface area (Å²) in [5.41, 5.74) is 9.54. The molecule has 1 atom stereocenters. The first-order valence-corrected chi connectivity index (χ1v) is 7.48. The molecular formula is C15H14BrCl2N. The Labute approximate surface area is 131 Å². The molecule has 1 nitrogen and oxygen atoms in total. The highest BCUT2D eigenvalue weighted by Gasteiger charge is 2.11. The Morgan fingerprint density at radius 1 is 1.16 bits per heavy atom. The molecule has 100 valence electrons. The fraction of sp³-hybridized carbons (Fsp3) is 0.200. The van der Waals surface area contributed by atoms with Crippen LogP contribution in [0, 0.1) is 6.92 Å². The smallest absolute Gasteiger partial charge is 0.0453 e. The summed E-state index contributed by atoms with van der Waals surface area (Å²) in [4.78, 5) is 0. The molecule has 2 N–H and O–H groups in total. The number of hydrogen-bond donors (Lipinski definition) is 1. The third-order valence-corrected chi connectivity index (χ3v) is 4.54. The molecule has 19 heavy (non-hydrogen) atoms. The first-order chi connectivity index (χ1) is 8.97. The molecule has 0 bridgehead atoms. The minimum absolute atomic E-state index is 0.0783. The van der Waals surface area contributed by atoms with Crippen molar-refractivity contribution in [2.75, 3.05) is 0 Å². The molecule has 0 aliphatic carbocycles. The lowest BCUT2D eigenvalue weighted by molar-refractivity contribution is 0.721. The van der Waals surface area contributed by atoms with Gasteiger partial charge in [-0.25, -0.2) is 0 Å². The number of benzene rings is 2. The van der Waals surface area contributed by atoms with Crippen molar-refractivity contribution in [3.05, 3.63) is 67.6 Å². The van der Waals surface area contributed by atoms with Crippen LogP contribution in [-0.2, 0) is 6.42 Å². The van der Waals surface area contributed by atoms with E-state index in [-0.39, 0.29) is 6.04 Å². The van der Waals surface area contributed by atoms with E-state index in [1.807, 2.05) is 24.3 Å². The minimum Gasteiger partial charge on any atom is -0.324 e. The molecule has 0 fully saturated rings. The zero-order valence-corrected chi connectivity index (χ0v) is 13.6. The maximum absolute atomic E-state index is 6.25. The summed E-state index contributed by atoms with van der Waals surface area (Å²) in [7, 11) is 0. The first-order valence-electron chi connectivity index (χ1n) is 5.93. The zero-order valence-electron chi connectivity index (χ0n) is 10.5. The predicted octanol–water partition coefficient (Wildman–Crippen LogP) is 5.31. The van der Waals surface area contributed by atoms with Crippen molar-refractivity contribution >= 4 is 39.1 Å². The van der Waals surface area contributed by atoms with Crippen molar-refractivity contribution in [3.63, 3.8) is 0 Å². The van der Waals surface area contributed by atoms with Gasteiger partial charge in [-0.2, -0.15) is 0 Å². The third-order valence-electron chi connectivity index (χ3n) is 3.07. The highest BCUT2D eigenvalue weighted by atomic mass is 79.9.